The molecule has 0 saturated carbocycles. The van der Waals surface area contributed by atoms with Gasteiger partial charge in [0, 0.05) is 39.9 Å². The molecule has 7 heteroatoms. The zero-order chi connectivity index (χ0) is 31.3. The van der Waals surface area contributed by atoms with Gasteiger partial charge in [0.2, 0.25) is 0 Å². The molecule has 2 atom stereocenters. The van der Waals surface area contributed by atoms with Crippen molar-refractivity contribution in [1.29, 1.82) is 0 Å². The number of nitrogens with zero attached hydrogens (tertiary/aromatic N) is 2. The molecular formula is C37H39FN2O4. The topological polar surface area (TPSA) is 81.5 Å². The smallest absolute Gasteiger partial charge is 0.337 e. The zero-order valence-corrected chi connectivity index (χ0v) is 26.3. The molecule has 0 saturated heterocycles. The summed E-state index contributed by atoms with van der Waals surface area (Å²) in [5, 5.41) is 11.6. The minimum absolute atomic E-state index is 0.0162. The Kier molecular flexibility index (Phi) is 7.78. The summed E-state index contributed by atoms with van der Waals surface area (Å²) in [7, 11) is 0. The van der Waals surface area contributed by atoms with Crippen LogP contribution in [-0.4, -0.2) is 33.3 Å². The van der Waals surface area contributed by atoms with E-state index in [0.717, 1.165) is 52.5 Å². The number of aliphatic carboxylic acids is 1. The lowest BCUT2D eigenvalue weighted by molar-refractivity contribution is -0.160. The Balaban J connectivity index is 1.53. The Labute approximate surface area is 258 Å². The molecule has 0 spiro atoms. The third-order valence-electron chi connectivity index (χ3n) is 8.87. The molecule has 1 aliphatic heterocycles. The summed E-state index contributed by atoms with van der Waals surface area (Å²) in [5.41, 5.74) is 8.51. The molecule has 6 nitrogen and oxygen atoms in total. The van der Waals surface area contributed by atoms with E-state index in [1.54, 1.807) is 0 Å². The largest absolute Gasteiger partial charge is 0.490 e. The molecule has 44 heavy (non-hydrogen) atoms. The molecule has 0 bridgehead atoms. The number of benzene rings is 2. The van der Waals surface area contributed by atoms with Crippen molar-refractivity contribution >= 4 is 22.9 Å². The minimum atomic E-state index is -1.28. The van der Waals surface area contributed by atoms with E-state index >= 15 is 4.39 Å². The number of hydrogen-bond donors (Lipinski definition) is 1. The number of aromatic nitrogens is 2. The third-order valence-corrected chi connectivity index (χ3v) is 8.87. The number of ether oxygens (including phenoxy) is 2. The van der Waals surface area contributed by atoms with Gasteiger partial charge in [0.05, 0.1) is 23.4 Å². The van der Waals surface area contributed by atoms with Crippen molar-refractivity contribution in [2.24, 2.45) is 0 Å². The normalized spacial score (nSPS) is 16.7. The Morgan fingerprint density at radius 3 is 2.70 bits per heavy atom. The summed E-state index contributed by atoms with van der Waals surface area (Å²) >= 11 is 0. The Bertz CT molecular complexity index is 1820. The number of fused-ring (bicyclic) bond motifs is 3. The van der Waals surface area contributed by atoms with Crippen LogP contribution in [-0.2, 0) is 22.4 Å². The first-order valence-electron chi connectivity index (χ1n) is 15.4. The Morgan fingerprint density at radius 1 is 1.18 bits per heavy atom. The maximum absolute atomic E-state index is 15.7. The lowest BCUT2D eigenvalue weighted by atomic mass is 9.85. The van der Waals surface area contributed by atoms with E-state index in [2.05, 4.69) is 30.1 Å². The minimum Gasteiger partial charge on any atom is -0.490 e. The van der Waals surface area contributed by atoms with Crippen molar-refractivity contribution < 1.29 is 23.8 Å². The average molecular weight is 595 g/mol. The first kappa shape index (κ1) is 29.9. The molecule has 2 aliphatic rings. The number of allylic oxidation sites excluding steroid dienone is 1. The van der Waals surface area contributed by atoms with Gasteiger partial charge in [0.15, 0.2) is 17.7 Å². The molecule has 1 aliphatic carbocycles. The molecule has 0 amide bonds. The van der Waals surface area contributed by atoms with E-state index in [9.17, 15) is 9.90 Å². The second kappa shape index (κ2) is 11.4. The molecule has 2 aromatic carbocycles. The van der Waals surface area contributed by atoms with Crippen molar-refractivity contribution in [1.82, 2.24) is 9.97 Å². The molecule has 6 rings (SSSR count). The van der Waals surface area contributed by atoms with Crippen LogP contribution in [0.4, 0.5) is 4.39 Å². The van der Waals surface area contributed by atoms with E-state index < -0.39 is 23.5 Å². The number of aryl methyl sites for hydroxylation is 2. The fourth-order valence-electron chi connectivity index (χ4n) is 6.77. The predicted molar refractivity (Wildman–Crippen MR) is 171 cm³/mol. The molecular weight excluding hydrogens is 555 g/mol. The molecule has 2 aromatic heterocycles. The van der Waals surface area contributed by atoms with Crippen LogP contribution in [0.2, 0.25) is 0 Å². The highest BCUT2D eigenvalue weighted by molar-refractivity contribution is 5.89. The highest BCUT2D eigenvalue weighted by Crippen LogP contribution is 2.48. The summed E-state index contributed by atoms with van der Waals surface area (Å²) in [6.45, 7) is 11.9. The van der Waals surface area contributed by atoms with Gasteiger partial charge < -0.3 is 14.6 Å². The molecule has 0 fully saturated rings. The van der Waals surface area contributed by atoms with Crippen molar-refractivity contribution in [3.63, 3.8) is 0 Å². The lowest BCUT2D eigenvalue weighted by Gasteiger charge is -2.30. The van der Waals surface area contributed by atoms with E-state index in [1.165, 1.54) is 17.2 Å². The van der Waals surface area contributed by atoms with Gasteiger partial charge in [0.1, 0.15) is 0 Å². The average Bonchev–Trinajstić information content (AvgIpc) is 3.30. The number of carbonyl (C=O) groups is 1. The van der Waals surface area contributed by atoms with Crippen molar-refractivity contribution in [3.05, 3.63) is 93.2 Å². The first-order valence-corrected chi connectivity index (χ1v) is 15.4. The molecule has 3 heterocycles. The number of carboxylic acids is 1. The van der Waals surface area contributed by atoms with Crippen LogP contribution in [0.15, 0.2) is 48.2 Å². The molecule has 228 valence electrons. The Morgan fingerprint density at radius 2 is 1.95 bits per heavy atom. The second-order valence-corrected chi connectivity index (χ2v) is 13.0. The van der Waals surface area contributed by atoms with E-state index in [4.69, 9.17) is 14.5 Å². The van der Waals surface area contributed by atoms with Gasteiger partial charge in [-0.25, -0.2) is 9.18 Å². The van der Waals surface area contributed by atoms with Crippen molar-refractivity contribution in [2.45, 2.75) is 84.8 Å². The van der Waals surface area contributed by atoms with Gasteiger partial charge >= 0.3 is 5.97 Å². The van der Waals surface area contributed by atoms with Crippen LogP contribution in [0.25, 0.3) is 28.1 Å². The van der Waals surface area contributed by atoms with Gasteiger partial charge in [-0.3, -0.25) is 9.97 Å². The summed E-state index contributed by atoms with van der Waals surface area (Å²) < 4.78 is 27.6. The van der Waals surface area contributed by atoms with Crippen molar-refractivity contribution in [3.8, 4) is 16.9 Å². The summed E-state index contributed by atoms with van der Waals surface area (Å²) in [5.74, 6) is -1.22. The SMILES string of the molecule is Cc1nc2c(c(-c3cc(F)c4c(c3C)CCCO4)c1[C@H](OC(C)(C)C)C(=O)O)C=C(CCc1ccnc3ccccc13)C2C. The van der Waals surface area contributed by atoms with Crippen molar-refractivity contribution in [2.75, 3.05) is 6.61 Å². The number of rotatable bonds is 7. The lowest BCUT2D eigenvalue weighted by Crippen LogP contribution is -2.29. The van der Waals surface area contributed by atoms with Crippen LogP contribution in [0, 0.1) is 19.7 Å². The highest BCUT2D eigenvalue weighted by atomic mass is 19.1. The maximum atomic E-state index is 15.7. The van der Waals surface area contributed by atoms with Crippen LogP contribution in [0.1, 0.15) is 91.8 Å². The maximum Gasteiger partial charge on any atom is 0.337 e. The quantitative estimate of drug-likeness (QED) is 0.231. The number of hydrogen-bond acceptors (Lipinski definition) is 5. The molecule has 0 radical (unpaired) electrons. The summed E-state index contributed by atoms with van der Waals surface area (Å²) in [6.07, 6.45) is 5.84. The van der Waals surface area contributed by atoms with E-state index in [-0.39, 0.29) is 5.92 Å². The number of carboxylic acid groups (broad SMARTS) is 1. The van der Waals surface area contributed by atoms with Gasteiger partial charge in [0.25, 0.3) is 0 Å². The fourth-order valence-corrected chi connectivity index (χ4v) is 6.77. The monoisotopic (exact) mass is 594 g/mol. The zero-order valence-electron chi connectivity index (χ0n) is 26.3. The number of para-hydroxylation sites is 1. The van der Waals surface area contributed by atoms with Gasteiger partial charge in [-0.1, -0.05) is 36.8 Å². The standard InChI is InChI=1S/C37H39FN2O4/c1-20-24(14-13-23-15-16-39-30-12-8-7-10-26(23)30)18-28-32(27-19-29(38)34-25(21(27)2)11-9-17-43-34)31(22(3)40-33(20)28)35(36(41)42)44-37(4,5)6/h7-8,10,12,15-16,18-20,35H,9,11,13-14,17H2,1-6H3,(H,41,42)/t20?,35-/m0/s1. The van der Waals surface area contributed by atoms with E-state index in [0.29, 0.717) is 41.2 Å². The highest BCUT2D eigenvalue weighted by Gasteiger charge is 2.37. The summed E-state index contributed by atoms with van der Waals surface area (Å²) in [6, 6.07) is 11.7. The van der Waals surface area contributed by atoms with Gasteiger partial charge in [-0.05, 0) is 101 Å². The van der Waals surface area contributed by atoms with Gasteiger partial charge in [-0.15, -0.1) is 0 Å². The molecule has 1 N–H and O–H groups in total. The number of pyridine rings is 2. The summed E-state index contributed by atoms with van der Waals surface area (Å²) in [4.78, 5) is 22.4. The van der Waals surface area contributed by atoms with Crippen LogP contribution >= 0.6 is 0 Å². The second-order valence-electron chi connectivity index (χ2n) is 13.0. The third kappa shape index (κ3) is 5.38. The van der Waals surface area contributed by atoms with Crippen LogP contribution in [0.5, 0.6) is 5.75 Å². The van der Waals surface area contributed by atoms with Gasteiger partial charge in [-0.2, -0.15) is 0 Å². The molecule has 1 unspecified atom stereocenters. The first-order chi connectivity index (χ1) is 20.9. The Hall–Kier alpha value is -4.10. The number of halogens is 1. The molecule has 4 aromatic rings. The van der Waals surface area contributed by atoms with E-state index in [1.807, 2.05) is 59.0 Å². The van der Waals surface area contributed by atoms with Crippen LogP contribution < -0.4 is 4.74 Å². The predicted octanol–water partition coefficient (Wildman–Crippen LogP) is 8.45. The van der Waals surface area contributed by atoms with Crippen LogP contribution in [0.3, 0.4) is 0 Å². The fraction of sp³-hybridized carbons (Fsp3) is 0.378.